The molecule has 0 spiro atoms. The van der Waals surface area contributed by atoms with Crippen molar-refractivity contribution in [2.75, 3.05) is 19.7 Å². The standard InChI is InChI=1S/C18H21N5O2/c1-12-18(13(2)25-22-12)15-5-3-4-14(21-15)16-10-23(8-9-24-16)11-17-19-6-7-20-17/h3-7,16H,8-11H2,1-2H3,(H,19,20). The van der Waals surface area contributed by atoms with Crippen molar-refractivity contribution in [1.82, 2.24) is 25.0 Å². The number of rotatable bonds is 4. The molecule has 0 aromatic carbocycles. The van der Waals surface area contributed by atoms with Crippen LogP contribution in [-0.2, 0) is 11.3 Å². The highest BCUT2D eigenvalue weighted by Gasteiger charge is 2.24. The van der Waals surface area contributed by atoms with Gasteiger partial charge in [-0.05, 0) is 26.0 Å². The van der Waals surface area contributed by atoms with Crippen LogP contribution < -0.4 is 0 Å². The molecule has 1 unspecified atom stereocenters. The van der Waals surface area contributed by atoms with Gasteiger partial charge in [-0.3, -0.25) is 4.90 Å². The number of aromatic nitrogens is 4. The minimum Gasteiger partial charge on any atom is -0.369 e. The van der Waals surface area contributed by atoms with Crippen LogP contribution >= 0.6 is 0 Å². The lowest BCUT2D eigenvalue weighted by Gasteiger charge is -2.32. The maximum absolute atomic E-state index is 5.97. The van der Waals surface area contributed by atoms with Gasteiger partial charge in [0.15, 0.2) is 0 Å². The third kappa shape index (κ3) is 3.33. The quantitative estimate of drug-likeness (QED) is 0.787. The third-order valence-corrected chi connectivity index (χ3v) is 4.47. The molecular weight excluding hydrogens is 318 g/mol. The predicted molar refractivity (Wildman–Crippen MR) is 91.8 cm³/mol. The average Bonchev–Trinajstić information content (AvgIpc) is 3.25. The van der Waals surface area contributed by atoms with Crippen LogP contribution in [-0.4, -0.2) is 44.7 Å². The van der Waals surface area contributed by atoms with Crippen LogP contribution in [0.5, 0.6) is 0 Å². The minimum absolute atomic E-state index is 0.0517. The van der Waals surface area contributed by atoms with Crippen molar-refractivity contribution in [2.24, 2.45) is 0 Å². The molecule has 1 fully saturated rings. The van der Waals surface area contributed by atoms with E-state index in [1.165, 1.54) is 0 Å². The molecule has 0 aliphatic carbocycles. The second-order valence-electron chi connectivity index (χ2n) is 6.28. The van der Waals surface area contributed by atoms with E-state index in [9.17, 15) is 0 Å². The van der Waals surface area contributed by atoms with Gasteiger partial charge in [0.25, 0.3) is 0 Å². The highest BCUT2D eigenvalue weighted by Crippen LogP contribution is 2.28. The molecule has 7 nitrogen and oxygen atoms in total. The number of ether oxygens (including phenoxy) is 1. The number of aromatic amines is 1. The van der Waals surface area contributed by atoms with E-state index in [4.69, 9.17) is 14.2 Å². The summed E-state index contributed by atoms with van der Waals surface area (Å²) in [5.41, 5.74) is 3.62. The summed E-state index contributed by atoms with van der Waals surface area (Å²) < 4.78 is 11.2. The van der Waals surface area contributed by atoms with Gasteiger partial charge in [-0.15, -0.1) is 0 Å². The molecule has 4 heterocycles. The first-order valence-corrected chi connectivity index (χ1v) is 8.43. The number of pyridine rings is 1. The van der Waals surface area contributed by atoms with Crippen LogP contribution in [0.4, 0.5) is 0 Å². The molecule has 1 atom stereocenters. The van der Waals surface area contributed by atoms with E-state index in [2.05, 4.69) is 20.0 Å². The number of nitrogens with zero attached hydrogens (tertiary/aromatic N) is 4. The van der Waals surface area contributed by atoms with Crippen molar-refractivity contribution in [3.8, 4) is 11.3 Å². The van der Waals surface area contributed by atoms with E-state index in [1.807, 2.05) is 38.2 Å². The smallest absolute Gasteiger partial charge is 0.143 e. The molecule has 1 aliphatic heterocycles. The molecular formula is C18H21N5O2. The van der Waals surface area contributed by atoms with Crippen LogP contribution in [0.1, 0.15) is 29.1 Å². The monoisotopic (exact) mass is 339 g/mol. The van der Waals surface area contributed by atoms with Gasteiger partial charge in [0, 0.05) is 25.5 Å². The number of hydrogen-bond donors (Lipinski definition) is 1. The summed E-state index contributed by atoms with van der Waals surface area (Å²) in [6.45, 7) is 6.99. The zero-order valence-electron chi connectivity index (χ0n) is 14.4. The number of aryl methyl sites for hydroxylation is 2. The number of imidazole rings is 1. The van der Waals surface area contributed by atoms with E-state index in [0.717, 1.165) is 53.9 Å². The van der Waals surface area contributed by atoms with Gasteiger partial charge in [0.05, 0.1) is 35.8 Å². The van der Waals surface area contributed by atoms with Crippen molar-refractivity contribution in [3.05, 3.63) is 53.6 Å². The zero-order valence-corrected chi connectivity index (χ0v) is 14.4. The van der Waals surface area contributed by atoms with Gasteiger partial charge in [-0.2, -0.15) is 0 Å². The molecule has 3 aromatic heterocycles. The van der Waals surface area contributed by atoms with Crippen molar-refractivity contribution in [2.45, 2.75) is 26.5 Å². The Balaban J connectivity index is 1.54. The van der Waals surface area contributed by atoms with E-state index >= 15 is 0 Å². The Hall–Kier alpha value is -2.51. The maximum atomic E-state index is 5.97. The molecule has 1 aliphatic rings. The van der Waals surface area contributed by atoms with Gasteiger partial charge < -0.3 is 14.2 Å². The van der Waals surface area contributed by atoms with Crippen molar-refractivity contribution >= 4 is 0 Å². The van der Waals surface area contributed by atoms with Crippen LogP contribution in [0.15, 0.2) is 35.1 Å². The van der Waals surface area contributed by atoms with Crippen LogP contribution in [0.2, 0.25) is 0 Å². The zero-order chi connectivity index (χ0) is 17.2. The van der Waals surface area contributed by atoms with Gasteiger partial charge in [0.1, 0.15) is 17.7 Å². The van der Waals surface area contributed by atoms with Crippen molar-refractivity contribution in [3.63, 3.8) is 0 Å². The van der Waals surface area contributed by atoms with Crippen LogP contribution in [0.25, 0.3) is 11.3 Å². The Morgan fingerprint density at radius 2 is 2.24 bits per heavy atom. The van der Waals surface area contributed by atoms with E-state index in [-0.39, 0.29) is 6.10 Å². The molecule has 7 heteroatoms. The minimum atomic E-state index is -0.0517. The predicted octanol–water partition coefficient (Wildman–Crippen LogP) is 2.65. The summed E-state index contributed by atoms with van der Waals surface area (Å²) >= 11 is 0. The molecule has 0 radical (unpaired) electrons. The van der Waals surface area contributed by atoms with Gasteiger partial charge in [-0.25, -0.2) is 9.97 Å². The Morgan fingerprint density at radius 1 is 1.32 bits per heavy atom. The molecule has 1 N–H and O–H groups in total. The van der Waals surface area contributed by atoms with Crippen molar-refractivity contribution in [1.29, 1.82) is 0 Å². The number of morpholine rings is 1. The lowest BCUT2D eigenvalue weighted by atomic mass is 10.1. The average molecular weight is 339 g/mol. The molecule has 1 saturated heterocycles. The van der Waals surface area contributed by atoms with E-state index in [0.29, 0.717) is 6.61 Å². The largest absolute Gasteiger partial charge is 0.369 e. The molecule has 0 amide bonds. The molecule has 3 aromatic rings. The fraction of sp³-hybridized carbons (Fsp3) is 0.389. The maximum Gasteiger partial charge on any atom is 0.143 e. The first-order valence-electron chi connectivity index (χ1n) is 8.43. The summed E-state index contributed by atoms with van der Waals surface area (Å²) in [6.07, 6.45) is 3.58. The lowest BCUT2D eigenvalue weighted by Crippen LogP contribution is -2.38. The van der Waals surface area contributed by atoms with Gasteiger partial charge >= 0.3 is 0 Å². The van der Waals surface area contributed by atoms with E-state index in [1.54, 1.807) is 6.20 Å². The molecule has 130 valence electrons. The second kappa shape index (κ2) is 6.78. The molecule has 25 heavy (non-hydrogen) atoms. The second-order valence-corrected chi connectivity index (χ2v) is 6.28. The first kappa shape index (κ1) is 16.0. The van der Waals surface area contributed by atoms with Crippen LogP contribution in [0.3, 0.4) is 0 Å². The van der Waals surface area contributed by atoms with Gasteiger partial charge in [-0.1, -0.05) is 11.2 Å². The van der Waals surface area contributed by atoms with Gasteiger partial charge in [0.2, 0.25) is 0 Å². The SMILES string of the molecule is Cc1noc(C)c1-c1cccc(C2CN(Cc3ncc[nH]3)CCO2)n1. The summed E-state index contributed by atoms with van der Waals surface area (Å²) in [6, 6.07) is 6.01. The van der Waals surface area contributed by atoms with E-state index < -0.39 is 0 Å². The van der Waals surface area contributed by atoms with Crippen molar-refractivity contribution < 1.29 is 9.26 Å². The summed E-state index contributed by atoms with van der Waals surface area (Å²) in [5.74, 6) is 1.75. The summed E-state index contributed by atoms with van der Waals surface area (Å²) in [7, 11) is 0. The fourth-order valence-electron chi connectivity index (χ4n) is 3.24. The van der Waals surface area contributed by atoms with Crippen LogP contribution in [0, 0.1) is 13.8 Å². The first-order chi connectivity index (χ1) is 12.2. The molecule has 0 bridgehead atoms. The summed E-state index contributed by atoms with van der Waals surface area (Å²) in [5, 5.41) is 4.02. The number of hydrogen-bond acceptors (Lipinski definition) is 6. The molecule has 4 rings (SSSR count). The summed E-state index contributed by atoms with van der Waals surface area (Å²) in [4.78, 5) is 14.6. The Kier molecular flexibility index (Phi) is 4.33. The number of H-pyrrole nitrogens is 1. The number of nitrogens with one attached hydrogen (secondary N) is 1. The Labute approximate surface area is 146 Å². The normalized spacial score (nSPS) is 18.6. The topological polar surface area (TPSA) is 80.1 Å². The lowest BCUT2D eigenvalue weighted by molar-refractivity contribution is -0.0356. The fourth-order valence-corrected chi connectivity index (χ4v) is 3.24. The molecule has 0 saturated carbocycles. The Bertz CT molecular complexity index is 824. The Morgan fingerprint density at radius 3 is 3.00 bits per heavy atom. The highest BCUT2D eigenvalue weighted by atomic mass is 16.5. The third-order valence-electron chi connectivity index (χ3n) is 4.47. The highest BCUT2D eigenvalue weighted by molar-refractivity contribution is 5.63.